The largest absolute Gasteiger partial charge is 0.462 e. The van der Waals surface area contributed by atoms with Gasteiger partial charge in [-0.25, -0.2) is 4.79 Å². The first kappa shape index (κ1) is 7.94. The number of carbonyl (C=O) groups is 2. The molecule has 4 heteroatoms. The lowest BCUT2D eigenvalue weighted by atomic mass is 10.6. The second-order valence-corrected chi connectivity index (χ2v) is 1.35. The Hall–Kier alpha value is -1.06. The molecule has 0 unspecified atom stereocenters. The van der Waals surface area contributed by atoms with E-state index in [1.807, 2.05) is 0 Å². The molecule has 1 N–H and O–H groups in total. The predicted molar refractivity (Wildman–Crippen MR) is 30.7 cm³/mol. The summed E-state index contributed by atoms with van der Waals surface area (Å²) in [5.74, 6) is -1.54. The van der Waals surface area contributed by atoms with Gasteiger partial charge in [-0.15, -0.1) is 0 Å². The van der Waals surface area contributed by atoms with E-state index in [2.05, 4.69) is 10.1 Å². The van der Waals surface area contributed by atoms with Crippen LogP contribution in [-0.4, -0.2) is 25.5 Å². The van der Waals surface area contributed by atoms with E-state index in [0.29, 0.717) is 6.54 Å². The van der Waals surface area contributed by atoms with Crippen molar-refractivity contribution in [1.82, 2.24) is 5.32 Å². The molecule has 0 aromatic heterocycles. The highest BCUT2D eigenvalue weighted by Gasteiger charge is 2.10. The summed E-state index contributed by atoms with van der Waals surface area (Å²) in [6, 6.07) is 0. The number of hydrogen-bond acceptors (Lipinski definition) is 3. The number of amides is 1. The zero-order valence-electron chi connectivity index (χ0n) is 5.43. The smallest absolute Gasteiger partial charge is 0.396 e. The SMILES string of the molecule is CCNC(=O)C(=O)OC. The van der Waals surface area contributed by atoms with Crippen molar-refractivity contribution in [3.63, 3.8) is 0 Å². The Balaban J connectivity index is 3.60. The Kier molecular flexibility index (Phi) is 3.43. The molecule has 0 heterocycles. The topological polar surface area (TPSA) is 55.4 Å². The zero-order chi connectivity index (χ0) is 7.28. The van der Waals surface area contributed by atoms with E-state index in [-0.39, 0.29) is 0 Å². The molecule has 0 aromatic carbocycles. The van der Waals surface area contributed by atoms with Gasteiger partial charge in [0.2, 0.25) is 0 Å². The molecule has 0 aromatic rings. The number of likely N-dealkylation sites (N-methyl/N-ethyl adjacent to an activating group) is 1. The van der Waals surface area contributed by atoms with Crippen LogP contribution in [0.5, 0.6) is 0 Å². The van der Waals surface area contributed by atoms with Crippen LogP contribution in [0.25, 0.3) is 0 Å². The normalized spacial score (nSPS) is 8.22. The van der Waals surface area contributed by atoms with E-state index < -0.39 is 11.9 Å². The van der Waals surface area contributed by atoms with Crippen molar-refractivity contribution in [2.75, 3.05) is 13.7 Å². The highest BCUT2D eigenvalue weighted by atomic mass is 16.5. The van der Waals surface area contributed by atoms with Crippen molar-refractivity contribution in [3.8, 4) is 0 Å². The van der Waals surface area contributed by atoms with Crippen LogP contribution in [0, 0.1) is 0 Å². The van der Waals surface area contributed by atoms with Crippen molar-refractivity contribution in [2.24, 2.45) is 0 Å². The Morgan fingerprint density at radius 2 is 2.11 bits per heavy atom. The summed E-state index contributed by atoms with van der Waals surface area (Å²) >= 11 is 0. The molecule has 0 saturated carbocycles. The fourth-order valence-corrected chi connectivity index (χ4v) is 0.325. The first-order valence-corrected chi connectivity index (χ1v) is 2.58. The molecule has 0 fully saturated rings. The number of hydrogen-bond donors (Lipinski definition) is 1. The summed E-state index contributed by atoms with van der Waals surface area (Å²) in [6.45, 7) is 2.16. The molecule has 1 amide bonds. The summed E-state index contributed by atoms with van der Waals surface area (Å²) in [4.78, 5) is 20.7. The number of methoxy groups -OCH3 is 1. The minimum absolute atomic E-state index is 0.438. The van der Waals surface area contributed by atoms with Gasteiger partial charge in [0, 0.05) is 6.54 Å². The van der Waals surface area contributed by atoms with Gasteiger partial charge in [-0.1, -0.05) is 0 Å². The third-order valence-corrected chi connectivity index (χ3v) is 0.708. The van der Waals surface area contributed by atoms with Gasteiger partial charge in [-0.2, -0.15) is 0 Å². The van der Waals surface area contributed by atoms with Crippen LogP contribution >= 0.6 is 0 Å². The van der Waals surface area contributed by atoms with Gasteiger partial charge in [0.05, 0.1) is 7.11 Å². The summed E-state index contributed by atoms with van der Waals surface area (Å²) in [7, 11) is 1.16. The van der Waals surface area contributed by atoms with Crippen molar-refractivity contribution in [3.05, 3.63) is 0 Å². The molecule has 0 bridgehead atoms. The van der Waals surface area contributed by atoms with E-state index in [9.17, 15) is 9.59 Å². The van der Waals surface area contributed by atoms with Gasteiger partial charge in [0.15, 0.2) is 0 Å². The van der Waals surface area contributed by atoms with E-state index >= 15 is 0 Å². The maximum atomic E-state index is 10.4. The Morgan fingerprint density at radius 3 is 2.44 bits per heavy atom. The van der Waals surface area contributed by atoms with Crippen LogP contribution in [0.1, 0.15) is 6.92 Å². The quantitative estimate of drug-likeness (QED) is 0.378. The molecule has 9 heavy (non-hydrogen) atoms. The van der Waals surface area contributed by atoms with Gasteiger partial charge < -0.3 is 10.1 Å². The molecule has 0 radical (unpaired) electrons. The summed E-state index contributed by atoms with van der Waals surface area (Å²) in [5, 5.41) is 2.28. The van der Waals surface area contributed by atoms with Crippen LogP contribution in [0.15, 0.2) is 0 Å². The Bertz CT molecular complexity index is 121. The molecule has 4 nitrogen and oxygen atoms in total. The third-order valence-electron chi connectivity index (χ3n) is 0.708. The van der Waals surface area contributed by atoms with Gasteiger partial charge in [0.25, 0.3) is 0 Å². The Labute approximate surface area is 53.2 Å². The molecule has 0 atom stereocenters. The molecule has 0 aliphatic rings. The lowest BCUT2D eigenvalue weighted by Crippen LogP contribution is -2.31. The van der Waals surface area contributed by atoms with Crippen LogP contribution in [0.2, 0.25) is 0 Å². The first-order chi connectivity index (χ1) is 4.22. The molecular formula is C5H9NO3. The number of carbonyl (C=O) groups excluding carboxylic acids is 2. The molecule has 0 saturated heterocycles. The lowest BCUT2D eigenvalue weighted by molar-refractivity contribution is -0.152. The second-order valence-electron chi connectivity index (χ2n) is 1.35. The maximum absolute atomic E-state index is 10.4. The van der Waals surface area contributed by atoms with Gasteiger partial charge in [-0.3, -0.25) is 4.79 Å². The molecule has 0 rings (SSSR count). The highest BCUT2D eigenvalue weighted by molar-refractivity contribution is 6.32. The fraction of sp³-hybridized carbons (Fsp3) is 0.600. The van der Waals surface area contributed by atoms with Crippen molar-refractivity contribution >= 4 is 11.9 Å². The molecular weight excluding hydrogens is 122 g/mol. The summed E-state index contributed by atoms with van der Waals surface area (Å²) < 4.78 is 4.11. The lowest BCUT2D eigenvalue weighted by Gasteiger charge is -1.96. The third kappa shape index (κ3) is 2.69. The van der Waals surface area contributed by atoms with Crippen molar-refractivity contribution in [1.29, 1.82) is 0 Å². The number of nitrogens with one attached hydrogen (secondary N) is 1. The van der Waals surface area contributed by atoms with Crippen molar-refractivity contribution < 1.29 is 14.3 Å². The monoisotopic (exact) mass is 131 g/mol. The number of rotatable bonds is 1. The van der Waals surface area contributed by atoms with Gasteiger partial charge >= 0.3 is 11.9 Å². The second kappa shape index (κ2) is 3.88. The van der Waals surface area contributed by atoms with Crippen molar-refractivity contribution in [2.45, 2.75) is 6.92 Å². The molecule has 52 valence electrons. The summed E-state index contributed by atoms with van der Waals surface area (Å²) in [6.07, 6.45) is 0. The standard InChI is InChI=1S/C5H9NO3/c1-3-6-4(7)5(8)9-2/h3H2,1-2H3,(H,6,7). The number of esters is 1. The van der Waals surface area contributed by atoms with Crippen LogP contribution in [0.4, 0.5) is 0 Å². The maximum Gasteiger partial charge on any atom is 0.396 e. The average Bonchev–Trinajstić information content (AvgIpc) is 1.87. The van der Waals surface area contributed by atoms with E-state index in [0.717, 1.165) is 7.11 Å². The minimum atomic E-state index is -0.850. The van der Waals surface area contributed by atoms with Crippen LogP contribution < -0.4 is 5.32 Å². The van der Waals surface area contributed by atoms with E-state index in [4.69, 9.17) is 0 Å². The highest BCUT2D eigenvalue weighted by Crippen LogP contribution is 1.71. The molecule has 0 aliphatic carbocycles. The fourth-order valence-electron chi connectivity index (χ4n) is 0.325. The van der Waals surface area contributed by atoms with Crippen LogP contribution in [0.3, 0.4) is 0 Å². The van der Waals surface area contributed by atoms with Gasteiger partial charge in [-0.05, 0) is 6.92 Å². The minimum Gasteiger partial charge on any atom is -0.462 e. The van der Waals surface area contributed by atoms with E-state index in [1.54, 1.807) is 6.92 Å². The zero-order valence-corrected chi connectivity index (χ0v) is 5.43. The predicted octanol–water partition coefficient (Wildman–Crippen LogP) is -0.705. The van der Waals surface area contributed by atoms with E-state index in [1.165, 1.54) is 0 Å². The Morgan fingerprint density at radius 1 is 1.56 bits per heavy atom. The molecule has 0 spiro atoms. The number of ether oxygens (including phenoxy) is 1. The first-order valence-electron chi connectivity index (χ1n) is 2.58. The summed E-state index contributed by atoms with van der Waals surface area (Å²) in [5.41, 5.74) is 0. The van der Waals surface area contributed by atoms with Crippen LogP contribution in [-0.2, 0) is 14.3 Å². The average molecular weight is 131 g/mol. The van der Waals surface area contributed by atoms with Gasteiger partial charge in [0.1, 0.15) is 0 Å². The molecule has 0 aliphatic heterocycles.